The molecule has 0 saturated heterocycles. The van der Waals surface area contributed by atoms with Gasteiger partial charge in [0, 0.05) is 43.6 Å². The van der Waals surface area contributed by atoms with Gasteiger partial charge < -0.3 is 5.11 Å². The molecule has 1 N–H and O–H groups in total. The van der Waals surface area contributed by atoms with Crippen molar-refractivity contribution >= 4 is 11.0 Å². The molecule has 0 fully saturated rings. The van der Waals surface area contributed by atoms with Crippen LogP contribution in [0.1, 0.15) is 36.2 Å². The van der Waals surface area contributed by atoms with Crippen molar-refractivity contribution in [3.05, 3.63) is 204 Å². The second kappa shape index (κ2) is 15.9. The number of rotatable bonds is 8. The van der Waals surface area contributed by atoms with E-state index in [-0.39, 0.29) is 32.2 Å². The minimum absolute atomic E-state index is 0. The molecule has 0 amide bonds. The smallest absolute Gasteiger partial charge is 0.148 e. The minimum atomic E-state index is -0.315. The van der Waals surface area contributed by atoms with E-state index >= 15 is 0 Å². The molecule has 2 heterocycles. The van der Waals surface area contributed by atoms with Gasteiger partial charge in [0.1, 0.15) is 11.6 Å². The van der Waals surface area contributed by atoms with Crippen LogP contribution in [0.25, 0.3) is 72.7 Å². The third kappa shape index (κ3) is 7.10. The van der Waals surface area contributed by atoms with Crippen LogP contribution in [0, 0.1) is 19.9 Å². The summed E-state index contributed by atoms with van der Waals surface area (Å²) in [7, 11) is 0. The molecule has 0 aliphatic carbocycles. The maximum atomic E-state index is 11.2. The van der Waals surface area contributed by atoms with E-state index in [0.29, 0.717) is 11.4 Å². The third-order valence-electron chi connectivity index (χ3n) is 11.1. The maximum Gasteiger partial charge on any atom is 0.148 e. The van der Waals surface area contributed by atoms with Gasteiger partial charge in [-0.3, -0.25) is 9.55 Å². The number of aromatic nitrogens is 3. The predicted octanol–water partition coefficient (Wildman–Crippen LogP) is 13.2. The van der Waals surface area contributed by atoms with E-state index in [4.69, 9.17) is 9.97 Å². The van der Waals surface area contributed by atoms with Crippen molar-refractivity contribution in [1.82, 2.24) is 14.5 Å². The Morgan fingerprint density at radius 3 is 1.88 bits per heavy atom. The first-order chi connectivity index (χ1) is 27.8. The zero-order valence-corrected chi connectivity index (χ0v) is 35.1. The summed E-state index contributed by atoms with van der Waals surface area (Å²) in [6.07, 6.45) is 0. The molecule has 9 aromatic rings. The number of aryl methyl sites for hydroxylation is 2. The van der Waals surface area contributed by atoms with Crippen LogP contribution in [-0.4, -0.2) is 19.6 Å². The first-order valence-corrected chi connectivity index (χ1v) is 19.4. The fraction of sp³-hybridized carbons (Fsp3) is 0.0943. The molecule has 0 atom stereocenters. The molecular weight excluding hydrogens is 890 g/mol. The third-order valence-corrected chi connectivity index (χ3v) is 11.1. The van der Waals surface area contributed by atoms with Gasteiger partial charge in [-0.2, -0.15) is 0 Å². The Morgan fingerprint density at radius 1 is 0.552 bits per heavy atom. The summed E-state index contributed by atoms with van der Waals surface area (Å²) < 4.78 is 2.16. The fourth-order valence-electron chi connectivity index (χ4n) is 8.06. The average Bonchev–Trinajstić information content (AvgIpc) is 3.63. The van der Waals surface area contributed by atoms with Crippen molar-refractivity contribution < 1.29 is 26.2 Å². The van der Waals surface area contributed by atoms with Crippen LogP contribution in [0.15, 0.2) is 176 Å². The van der Waals surface area contributed by atoms with Crippen molar-refractivity contribution in [2.45, 2.75) is 33.1 Å². The second-order valence-corrected chi connectivity index (χ2v) is 15.2. The van der Waals surface area contributed by atoms with E-state index in [9.17, 15) is 5.11 Å². The van der Waals surface area contributed by atoms with Crippen LogP contribution in [0.2, 0.25) is 0 Å². The molecule has 0 aliphatic rings. The SMILES string of the molecule is Cc1cccc(C)c1-c1cc(-c2cccc(C(C)(C)c3ccccc3)n2)[c-]c(-c2cc(-c3ccccc3)cc3c2nc(-c2ccccc2O)n3-c2ccccc2)c1.[Pt]. The van der Waals surface area contributed by atoms with Crippen molar-refractivity contribution in [2.24, 2.45) is 0 Å². The molecule has 58 heavy (non-hydrogen) atoms. The molecule has 0 aliphatic heterocycles. The predicted molar refractivity (Wildman–Crippen MR) is 235 cm³/mol. The van der Waals surface area contributed by atoms with Gasteiger partial charge in [0.15, 0.2) is 0 Å². The van der Waals surface area contributed by atoms with E-state index in [1.54, 1.807) is 6.07 Å². The molecule has 9 rings (SSSR count). The number of hydrogen-bond acceptors (Lipinski definition) is 3. The van der Waals surface area contributed by atoms with Gasteiger partial charge >= 0.3 is 0 Å². The largest absolute Gasteiger partial charge is 0.507 e. The number of pyridine rings is 1. The summed E-state index contributed by atoms with van der Waals surface area (Å²) in [5, 5.41) is 11.2. The molecule has 0 radical (unpaired) electrons. The number of imidazole rings is 1. The second-order valence-electron chi connectivity index (χ2n) is 15.2. The number of aromatic hydroxyl groups is 1. The molecular formula is C53H42N3OPt-. The number of hydrogen-bond donors (Lipinski definition) is 1. The molecule has 286 valence electrons. The summed E-state index contributed by atoms with van der Waals surface area (Å²) >= 11 is 0. The van der Waals surface area contributed by atoms with Crippen molar-refractivity contribution in [3.63, 3.8) is 0 Å². The fourth-order valence-corrected chi connectivity index (χ4v) is 8.06. The van der Waals surface area contributed by atoms with Gasteiger partial charge in [0.2, 0.25) is 0 Å². The van der Waals surface area contributed by atoms with Crippen LogP contribution >= 0.6 is 0 Å². The topological polar surface area (TPSA) is 50.9 Å². The Labute approximate surface area is 354 Å². The van der Waals surface area contributed by atoms with E-state index in [0.717, 1.165) is 61.5 Å². The quantitative estimate of drug-likeness (QED) is 0.154. The van der Waals surface area contributed by atoms with Gasteiger partial charge in [-0.15, -0.1) is 23.8 Å². The van der Waals surface area contributed by atoms with Crippen LogP contribution < -0.4 is 0 Å². The van der Waals surface area contributed by atoms with Crippen molar-refractivity contribution in [2.75, 3.05) is 0 Å². The summed E-state index contributed by atoms with van der Waals surface area (Å²) in [5.74, 6) is 0.828. The van der Waals surface area contributed by atoms with E-state index < -0.39 is 0 Å². The number of fused-ring (bicyclic) bond motifs is 1. The zero-order valence-electron chi connectivity index (χ0n) is 32.8. The normalized spacial score (nSPS) is 11.4. The average molecular weight is 932 g/mol. The molecule has 5 heteroatoms. The minimum Gasteiger partial charge on any atom is -0.507 e. The number of benzene rings is 7. The summed E-state index contributed by atoms with van der Waals surface area (Å²) in [4.78, 5) is 10.8. The van der Waals surface area contributed by atoms with Gasteiger partial charge in [-0.05, 0) is 83.6 Å². The Morgan fingerprint density at radius 2 is 1.17 bits per heavy atom. The van der Waals surface area contributed by atoms with E-state index in [2.05, 4.69) is 166 Å². The maximum absolute atomic E-state index is 11.2. The molecule has 0 spiro atoms. The van der Waals surface area contributed by atoms with Crippen molar-refractivity contribution in [3.8, 4) is 67.5 Å². The first kappa shape index (κ1) is 38.5. The first-order valence-electron chi connectivity index (χ1n) is 19.4. The van der Waals surface area contributed by atoms with Crippen molar-refractivity contribution in [1.29, 1.82) is 0 Å². The van der Waals surface area contributed by atoms with Crippen LogP contribution in [0.4, 0.5) is 0 Å². The number of phenols is 1. The molecule has 0 saturated carbocycles. The van der Waals surface area contributed by atoms with Crippen LogP contribution in [-0.2, 0) is 26.5 Å². The van der Waals surface area contributed by atoms with Gasteiger partial charge in [0.05, 0.1) is 16.6 Å². The summed E-state index contributed by atoms with van der Waals surface area (Å²) in [6.45, 7) is 8.81. The zero-order chi connectivity index (χ0) is 39.1. The Bertz CT molecular complexity index is 2880. The van der Waals surface area contributed by atoms with Gasteiger partial charge in [0.25, 0.3) is 0 Å². The van der Waals surface area contributed by atoms with E-state index in [1.807, 2.05) is 42.5 Å². The van der Waals surface area contributed by atoms with E-state index in [1.165, 1.54) is 22.3 Å². The molecule has 0 unspecified atom stereocenters. The molecule has 2 aromatic heterocycles. The standard InChI is InChI=1S/C53H42N3O.Pt/c1-35-18-16-19-36(2)50(35)41-31-39(30-40(32-41)46-27-17-29-49(54-46)53(3,4)42-22-10-6-11-23-42)45-33-38(37-20-8-5-9-21-37)34-47-51(45)55-52(44-26-14-15-28-48(44)57)56(47)43-24-12-7-13-25-43;/h5-29,31-34,57H,1-4H3;/q-1;. The summed E-state index contributed by atoms with van der Waals surface area (Å²) in [6, 6.07) is 64.3. The van der Waals surface area contributed by atoms with Gasteiger partial charge in [-0.1, -0.05) is 158 Å². The number of nitrogens with zero attached hydrogens (tertiary/aromatic N) is 3. The molecule has 7 aromatic carbocycles. The number of para-hydroxylation sites is 2. The van der Waals surface area contributed by atoms with Crippen LogP contribution in [0.3, 0.4) is 0 Å². The van der Waals surface area contributed by atoms with Gasteiger partial charge in [-0.25, -0.2) is 4.98 Å². The Balaban J connectivity index is 0.00000469. The molecule has 0 bridgehead atoms. The Kier molecular flexibility index (Phi) is 10.6. The number of phenolic OH excluding ortho intramolecular Hbond substituents is 1. The molecule has 4 nitrogen and oxygen atoms in total. The van der Waals surface area contributed by atoms with Crippen LogP contribution in [0.5, 0.6) is 5.75 Å². The monoisotopic (exact) mass is 931 g/mol. The Hall–Kier alpha value is -6.35. The summed E-state index contributed by atoms with van der Waals surface area (Å²) in [5.41, 5.74) is 15.6.